The second-order valence-electron chi connectivity index (χ2n) is 5.33. The first-order chi connectivity index (χ1) is 12.2. The average molecular weight is 401 g/mol. The van der Waals surface area contributed by atoms with Crippen LogP contribution in [0.4, 0.5) is 20.2 Å². The maximum absolute atomic E-state index is 14.6. The number of nitrogens with one attached hydrogen (secondary N) is 2. The smallest absolute Gasteiger partial charge is 0.261 e. The van der Waals surface area contributed by atoms with Crippen molar-refractivity contribution < 1.29 is 22.0 Å². The van der Waals surface area contributed by atoms with Crippen LogP contribution < -0.4 is 9.14 Å². The number of hydrogen-bond acceptors (Lipinski definition) is 4. The molecule has 0 aliphatic heterocycles. The van der Waals surface area contributed by atoms with E-state index in [9.17, 15) is 22.0 Å². The van der Waals surface area contributed by atoms with Crippen LogP contribution in [0.2, 0.25) is 0 Å². The van der Waals surface area contributed by atoms with Gasteiger partial charge in [0.15, 0.2) is 5.82 Å². The number of sulfonamides is 1. The van der Waals surface area contributed by atoms with Gasteiger partial charge in [-0.25, -0.2) is 22.2 Å². The molecular formula is C15H11ClF2N4O3S. The molecule has 26 heavy (non-hydrogen) atoms. The minimum Gasteiger partial charge on any atom is -0.346 e. The van der Waals surface area contributed by atoms with Crippen molar-refractivity contribution in [1.29, 1.82) is 0 Å². The summed E-state index contributed by atoms with van der Waals surface area (Å²) in [5, 5.41) is 3.00. The van der Waals surface area contributed by atoms with Crippen LogP contribution >= 0.6 is 11.8 Å². The number of carbonyl (C=O) groups excluding carboxylic acids is 1. The molecule has 7 nitrogen and oxygen atoms in total. The SMILES string of the molecule is CS(=O)(=O)N(Cl)c1ccc(F)c(C(=O)Nc2cnc3[nH]ccc3c2)c1F. The van der Waals surface area contributed by atoms with Crippen LogP contribution in [0, 0.1) is 11.6 Å². The zero-order valence-corrected chi connectivity index (χ0v) is 14.7. The first kappa shape index (κ1) is 18.1. The van der Waals surface area contributed by atoms with E-state index >= 15 is 0 Å². The molecule has 1 amide bonds. The van der Waals surface area contributed by atoms with Gasteiger partial charge < -0.3 is 10.3 Å². The van der Waals surface area contributed by atoms with Crippen LogP contribution in [-0.4, -0.2) is 30.5 Å². The van der Waals surface area contributed by atoms with Gasteiger partial charge in [0.1, 0.15) is 22.7 Å². The number of H-pyrrole nitrogens is 1. The van der Waals surface area contributed by atoms with Gasteiger partial charge in [-0.05, 0) is 24.3 Å². The molecule has 0 radical (unpaired) electrons. The van der Waals surface area contributed by atoms with E-state index in [1.807, 2.05) is 0 Å². The van der Waals surface area contributed by atoms with Crippen molar-refractivity contribution in [3.8, 4) is 0 Å². The molecule has 0 unspecified atom stereocenters. The molecule has 0 fully saturated rings. The van der Waals surface area contributed by atoms with Crippen LogP contribution in [0.5, 0.6) is 0 Å². The third-order valence-electron chi connectivity index (χ3n) is 3.44. The Labute approximate surface area is 151 Å². The lowest BCUT2D eigenvalue weighted by atomic mass is 10.1. The Morgan fingerprint density at radius 3 is 2.73 bits per heavy atom. The number of aromatic nitrogens is 2. The van der Waals surface area contributed by atoms with E-state index in [1.165, 1.54) is 6.20 Å². The topological polar surface area (TPSA) is 95.2 Å². The third kappa shape index (κ3) is 3.33. The summed E-state index contributed by atoms with van der Waals surface area (Å²) in [7, 11) is -4.02. The molecule has 2 N–H and O–H groups in total. The van der Waals surface area contributed by atoms with Crippen LogP contribution in [0.3, 0.4) is 0 Å². The summed E-state index contributed by atoms with van der Waals surface area (Å²) in [6.07, 6.45) is 3.69. The van der Waals surface area contributed by atoms with Crippen molar-refractivity contribution in [1.82, 2.24) is 9.97 Å². The largest absolute Gasteiger partial charge is 0.346 e. The lowest BCUT2D eigenvalue weighted by Gasteiger charge is -2.16. The minimum absolute atomic E-state index is 0.103. The lowest BCUT2D eigenvalue weighted by Crippen LogP contribution is -2.23. The number of pyridine rings is 1. The molecule has 2 heterocycles. The fraction of sp³-hybridized carbons (Fsp3) is 0.0667. The maximum atomic E-state index is 14.6. The highest BCUT2D eigenvalue weighted by Crippen LogP contribution is 2.28. The molecule has 0 bridgehead atoms. The molecular weight excluding hydrogens is 390 g/mol. The molecule has 0 spiro atoms. The second-order valence-corrected chi connectivity index (χ2v) is 7.70. The van der Waals surface area contributed by atoms with Crippen molar-refractivity contribution in [3.05, 3.63) is 53.9 Å². The molecule has 0 saturated heterocycles. The first-order valence-corrected chi connectivity index (χ1v) is 9.25. The molecule has 11 heteroatoms. The molecule has 0 aliphatic carbocycles. The van der Waals surface area contributed by atoms with E-state index in [0.29, 0.717) is 11.0 Å². The van der Waals surface area contributed by atoms with Gasteiger partial charge in [0, 0.05) is 23.4 Å². The zero-order chi connectivity index (χ0) is 19.1. The third-order valence-corrected chi connectivity index (χ3v) is 5.15. The van der Waals surface area contributed by atoms with E-state index < -0.39 is 38.8 Å². The highest BCUT2D eigenvalue weighted by atomic mass is 35.5. The number of rotatable bonds is 4. The van der Waals surface area contributed by atoms with Crippen molar-refractivity contribution in [2.45, 2.75) is 0 Å². The van der Waals surface area contributed by atoms with Gasteiger partial charge in [-0.15, -0.1) is 0 Å². The van der Waals surface area contributed by atoms with E-state index in [-0.39, 0.29) is 9.51 Å². The standard InChI is InChI=1S/C15H11ClF2N4O3S/c1-26(24,25)22(16)11-3-2-10(17)12(13(11)18)15(23)21-9-6-8-4-5-19-14(8)20-7-9/h2-7H,1H3,(H,19,20)(H,21,23). The van der Waals surface area contributed by atoms with Gasteiger partial charge >= 0.3 is 0 Å². The van der Waals surface area contributed by atoms with Crippen LogP contribution in [0.25, 0.3) is 11.0 Å². The molecule has 1 aromatic carbocycles. The number of anilines is 2. The van der Waals surface area contributed by atoms with Gasteiger partial charge in [-0.1, -0.05) is 0 Å². The van der Waals surface area contributed by atoms with Crippen LogP contribution in [-0.2, 0) is 10.0 Å². The molecule has 3 aromatic rings. The van der Waals surface area contributed by atoms with Crippen molar-refractivity contribution in [2.24, 2.45) is 0 Å². The number of hydrogen-bond donors (Lipinski definition) is 2. The number of halogens is 3. The number of aromatic amines is 1. The van der Waals surface area contributed by atoms with Gasteiger partial charge in [0.05, 0.1) is 18.1 Å². The number of nitrogens with zero attached hydrogens (tertiary/aromatic N) is 2. The van der Waals surface area contributed by atoms with Gasteiger partial charge in [-0.3, -0.25) is 4.79 Å². The lowest BCUT2D eigenvalue weighted by molar-refractivity contribution is 0.101. The Morgan fingerprint density at radius 2 is 2.04 bits per heavy atom. The maximum Gasteiger partial charge on any atom is 0.261 e. The summed E-state index contributed by atoms with van der Waals surface area (Å²) in [4.78, 5) is 19.2. The van der Waals surface area contributed by atoms with Crippen LogP contribution in [0.15, 0.2) is 36.7 Å². The van der Waals surface area contributed by atoms with Crippen LogP contribution in [0.1, 0.15) is 10.4 Å². The molecule has 0 saturated carbocycles. The molecule has 2 aromatic heterocycles. The summed E-state index contributed by atoms with van der Waals surface area (Å²) in [6.45, 7) is 0. The van der Waals surface area contributed by atoms with Crippen molar-refractivity contribution in [3.63, 3.8) is 0 Å². The summed E-state index contributed by atoms with van der Waals surface area (Å²) < 4.78 is 51.6. The zero-order valence-electron chi connectivity index (χ0n) is 13.1. The number of amides is 1. The molecule has 3 rings (SSSR count). The van der Waals surface area contributed by atoms with E-state index in [2.05, 4.69) is 15.3 Å². The van der Waals surface area contributed by atoms with Crippen molar-refractivity contribution >= 4 is 50.1 Å². The summed E-state index contributed by atoms with van der Waals surface area (Å²) in [5.74, 6) is -3.69. The highest BCUT2D eigenvalue weighted by molar-refractivity contribution is 7.93. The fourth-order valence-electron chi connectivity index (χ4n) is 2.27. The van der Waals surface area contributed by atoms with E-state index in [4.69, 9.17) is 11.8 Å². The first-order valence-electron chi connectivity index (χ1n) is 7.07. The Balaban J connectivity index is 1.98. The quantitative estimate of drug-likeness (QED) is 0.658. The van der Waals surface area contributed by atoms with Gasteiger partial charge in [-0.2, -0.15) is 3.82 Å². The van der Waals surface area contributed by atoms with E-state index in [1.54, 1.807) is 18.3 Å². The number of fused-ring (bicyclic) bond motifs is 1. The predicted molar refractivity (Wildman–Crippen MR) is 93.6 cm³/mol. The fourth-order valence-corrected chi connectivity index (χ4v) is 2.89. The second kappa shape index (κ2) is 6.54. The molecule has 136 valence electrons. The van der Waals surface area contributed by atoms with Gasteiger partial charge in [0.25, 0.3) is 5.91 Å². The Hall–Kier alpha value is -2.72. The normalized spacial score (nSPS) is 11.5. The van der Waals surface area contributed by atoms with E-state index in [0.717, 1.165) is 18.4 Å². The monoisotopic (exact) mass is 400 g/mol. The Kier molecular flexibility index (Phi) is 4.55. The minimum atomic E-state index is -4.02. The average Bonchev–Trinajstić information content (AvgIpc) is 3.01. The number of carbonyl (C=O) groups is 1. The Bertz CT molecular complexity index is 1120. The van der Waals surface area contributed by atoms with Gasteiger partial charge in [0.2, 0.25) is 10.0 Å². The Morgan fingerprint density at radius 1 is 1.31 bits per heavy atom. The molecule has 0 atom stereocenters. The summed E-state index contributed by atoms with van der Waals surface area (Å²) in [6, 6.07) is 4.84. The highest BCUT2D eigenvalue weighted by Gasteiger charge is 2.26. The predicted octanol–water partition coefficient (Wildman–Crippen LogP) is 3.01. The molecule has 0 aliphatic rings. The van der Waals surface area contributed by atoms with Crippen molar-refractivity contribution in [2.75, 3.05) is 15.4 Å². The summed E-state index contributed by atoms with van der Waals surface area (Å²) in [5.41, 5.74) is -0.851. The summed E-state index contributed by atoms with van der Waals surface area (Å²) >= 11 is 5.57. The number of benzene rings is 1.